The van der Waals surface area contributed by atoms with Crippen LogP contribution in [0.1, 0.15) is 17.7 Å². The summed E-state index contributed by atoms with van der Waals surface area (Å²) in [6.45, 7) is 0. The summed E-state index contributed by atoms with van der Waals surface area (Å²) in [5.41, 5.74) is 3.79. The zero-order valence-electron chi connectivity index (χ0n) is 14.7. The van der Waals surface area contributed by atoms with Crippen molar-refractivity contribution in [2.75, 3.05) is 0 Å². The monoisotopic (exact) mass is 379 g/mol. The molecule has 3 aromatic rings. The number of phenols is 1. The van der Waals surface area contributed by atoms with Crippen LogP contribution in [-0.4, -0.2) is 22.2 Å². The molecular weight excluding hydrogens is 362 g/mol. The second-order valence-corrected chi connectivity index (χ2v) is 5.93. The lowest BCUT2D eigenvalue weighted by atomic mass is 10.1. The quantitative estimate of drug-likeness (QED) is 0.369. The highest BCUT2D eigenvalue weighted by Crippen LogP contribution is 2.24. The van der Waals surface area contributed by atoms with E-state index in [0.717, 1.165) is 0 Å². The Kier molecular flexibility index (Phi) is 5.81. The van der Waals surface area contributed by atoms with Gasteiger partial charge in [-0.1, -0.05) is 18.2 Å². The molecule has 8 nitrogen and oxygen atoms in total. The van der Waals surface area contributed by atoms with Crippen LogP contribution in [0.25, 0.3) is 11.3 Å². The maximum Gasteiger partial charge on any atom is 0.269 e. The number of furan rings is 1. The average Bonchev–Trinajstić information content (AvgIpc) is 3.16. The Bertz CT molecular complexity index is 1010. The van der Waals surface area contributed by atoms with Crippen molar-refractivity contribution in [2.24, 2.45) is 5.10 Å². The molecule has 0 fully saturated rings. The van der Waals surface area contributed by atoms with Crippen molar-refractivity contribution in [3.8, 4) is 17.1 Å². The fourth-order valence-corrected chi connectivity index (χ4v) is 2.52. The zero-order chi connectivity index (χ0) is 19.9. The fraction of sp³-hybridized carbons (Fsp3) is 0.100. The van der Waals surface area contributed by atoms with Gasteiger partial charge in [0.2, 0.25) is 5.91 Å². The third-order valence-electron chi connectivity index (χ3n) is 3.98. The van der Waals surface area contributed by atoms with Gasteiger partial charge in [-0.25, -0.2) is 5.43 Å². The molecule has 8 heteroatoms. The summed E-state index contributed by atoms with van der Waals surface area (Å²) in [5.74, 6) is 0.825. The zero-order valence-corrected chi connectivity index (χ0v) is 14.7. The number of non-ortho nitro benzene ring substituents is 1. The number of nitro benzene ring substituents is 1. The van der Waals surface area contributed by atoms with Crippen LogP contribution in [0.5, 0.6) is 5.75 Å². The first-order valence-corrected chi connectivity index (χ1v) is 8.46. The number of aryl methyl sites for hydroxylation is 1. The molecule has 0 aliphatic rings. The van der Waals surface area contributed by atoms with Gasteiger partial charge < -0.3 is 9.52 Å². The van der Waals surface area contributed by atoms with Gasteiger partial charge in [0.15, 0.2) is 0 Å². The highest BCUT2D eigenvalue weighted by atomic mass is 16.6. The predicted molar refractivity (Wildman–Crippen MR) is 103 cm³/mol. The van der Waals surface area contributed by atoms with Gasteiger partial charge >= 0.3 is 0 Å². The first-order chi connectivity index (χ1) is 13.5. The molecule has 0 spiro atoms. The molecule has 0 radical (unpaired) electrons. The summed E-state index contributed by atoms with van der Waals surface area (Å²) >= 11 is 0. The van der Waals surface area contributed by atoms with E-state index >= 15 is 0 Å². The van der Waals surface area contributed by atoms with E-state index in [0.29, 0.717) is 29.1 Å². The summed E-state index contributed by atoms with van der Waals surface area (Å²) < 4.78 is 5.59. The number of nitro groups is 1. The van der Waals surface area contributed by atoms with Gasteiger partial charge in [-0.15, -0.1) is 0 Å². The Balaban J connectivity index is 1.53. The Hall–Kier alpha value is -3.94. The molecule has 2 aromatic carbocycles. The first-order valence-electron chi connectivity index (χ1n) is 8.46. The lowest BCUT2D eigenvalue weighted by Gasteiger charge is -2.03. The largest absolute Gasteiger partial charge is 0.508 e. The number of rotatable bonds is 7. The predicted octanol–water partition coefficient (Wildman–Crippen LogP) is 3.64. The number of benzene rings is 2. The van der Waals surface area contributed by atoms with Gasteiger partial charge in [-0.3, -0.25) is 14.9 Å². The molecule has 0 aliphatic carbocycles. The number of carbonyl (C=O) groups excluding carboxylic acids is 1. The van der Waals surface area contributed by atoms with E-state index in [1.165, 1.54) is 18.3 Å². The SMILES string of the molecule is O=C(CCc1ccccc1O)N/N=C/c1ccc(-c2ccc([N+](=O)[O-])cc2)o1. The van der Waals surface area contributed by atoms with Crippen LogP contribution in [0.4, 0.5) is 5.69 Å². The molecule has 1 amide bonds. The van der Waals surface area contributed by atoms with Gasteiger partial charge in [0.05, 0.1) is 11.1 Å². The number of phenolic OH excluding ortho intramolecular Hbond substituents is 1. The van der Waals surface area contributed by atoms with Gasteiger partial charge in [0.25, 0.3) is 5.69 Å². The van der Waals surface area contributed by atoms with Crippen LogP contribution in [0.2, 0.25) is 0 Å². The lowest BCUT2D eigenvalue weighted by molar-refractivity contribution is -0.384. The summed E-state index contributed by atoms with van der Waals surface area (Å²) in [5, 5.41) is 24.2. The van der Waals surface area contributed by atoms with Crippen LogP contribution in [0, 0.1) is 10.1 Å². The molecule has 1 aromatic heterocycles. The number of nitrogens with one attached hydrogen (secondary N) is 1. The van der Waals surface area contributed by atoms with Crippen LogP contribution < -0.4 is 5.43 Å². The molecule has 0 unspecified atom stereocenters. The second kappa shape index (κ2) is 8.63. The number of amides is 1. The van der Waals surface area contributed by atoms with Crippen molar-refractivity contribution in [1.82, 2.24) is 5.43 Å². The van der Waals surface area contributed by atoms with E-state index in [1.807, 2.05) is 0 Å². The molecule has 0 aliphatic heterocycles. The minimum Gasteiger partial charge on any atom is -0.508 e. The fourth-order valence-electron chi connectivity index (χ4n) is 2.52. The number of nitrogens with zero attached hydrogens (tertiary/aromatic N) is 2. The number of para-hydroxylation sites is 1. The van der Waals surface area contributed by atoms with E-state index in [4.69, 9.17) is 4.42 Å². The smallest absolute Gasteiger partial charge is 0.269 e. The minimum absolute atomic E-state index is 0.00336. The third kappa shape index (κ3) is 4.82. The Morgan fingerprint density at radius 1 is 1.14 bits per heavy atom. The van der Waals surface area contributed by atoms with Crippen LogP contribution in [-0.2, 0) is 11.2 Å². The first kappa shape index (κ1) is 18.8. The summed E-state index contributed by atoms with van der Waals surface area (Å²) in [4.78, 5) is 22.1. The molecular formula is C20H17N3O5. The molecule has 0 bridgehead atoms. The van der Waals surface area contributed by atoms with Crippen LogP contribution in [0.3, 0.4) is 0 Å². The highest BCUT2D eigenvalue weighted by Gasteiger charge is 2.08. The van der Waals surface area contributed by atoms with Crippen molar-refractivity contribution >= 4 is 17.8 Å². The number of carbonyl (C=O) groups is 1. The number of aromatic hydroxyl groups is 1. The molecule has 1 heterocycles. The Labute approximate surface area is 160 Å². The maximum absolute atomic E-state index is 11.8. The number of hydrazone groups is 1. The van der Waals surface area contributed by atoms with Crippen LogP contribution in [0.15, 0.2) is 70.2 Å². The average molecular weight is 379 g/mol. The van der Waals surface area contributed by atoms with Crippen molar-refractivity contribution in [3.63, 3.8) is 0 Å². The number of hydrogen-bond acceptors (Lipinski definition) is 6. The Morgan fingerprint density at radius 3 is 2.61 bits per heavy atom. The van der Waals surface area contributed by atoms with E-state index < -0.39 is 4.92 Å². The Morgan fingerprint density at radius 2 is 1.89 bits per heavy atom. The summed E-state index contributed by atoms with van der Waals surface area (Å²) in [7, 11) is 0. The minimum atomic E-state index is -0.466. The molecule has 3 rings (SSSR count). The van der Waals surface area contributed by atoms with E-state index in [2.05, 4.69) is 10.5 Å². The van der Waals surface area contributed by atoms with E-state index in [9.17, 15) is 20.0 Å². The second-order valence-electron chi connectivity index (χ2n) is 5.93. The van der Waals surface area contributed by atoms with Gasteiger partial charge in [-0.05, 0) is 42.3 Å². The van der Waals surface area contributed by atoms with E-state index in [1.54, 1.807) is 48.5 Å². The van der Waals surface area contributed by atoms with Crippen molar-refractivity contribution < 1.29 is 19.2 Å². The molecule has 28 heavy (non-hydrogen) atoms. The lowest BCUT2D eigenvalue weighted by Crippen LogP contribution is -2.17. The maximum atomic E-state index is 11.8. The number of hydrogen-bond donors (Lipinski definition) is 2. The molecule has 0 saturated heterocycles. The van der Waals surface area contributed by atoms with Crippen molar-refractivity contribution in [1.29, 1.82) is 0 Å². The van der Waals surface area contributed by atoms with E-state index in [-0.39, 0.29) is 23.8 Å². The molecule has 0 saturated carbocycles. The molecule has 0 atom stereocenters. The van der Waals surface area contributed by atoms with Gasteiger partial charge in [-0.2, -0.15) is 5.10 Å². The van der Waals surface area contributed by atoms with Crippen molar-refractivity contribution in [2.45, 2.75) is 12.8 Å². The standard InChI is InChI=1S/C20H17N3O5/c24-18-4-2-1-3-14(18)7-12-20(25)22-21-13-17-10-11-19(28-17)15-5-8-16(9-6-15)23(26)27/h1-6,8-11,13,24H,7,12H2,(H,22,25)/b21-13+. The third-order valence-corrected chi connectivity index (χ3v) is 3.98. The summed E-state index contributed by atoms with van der Waals surface area (Å²) in [6.07, 6.45) is 1.95. The van der Waals surface area contributed by atoms with Crippen molar-refractivity contribution in [3.05, 3.63) is 82.1 Å². The normalized spacial score (nSPS) is 10.9. The molecule has 2 N–H and O–H groups in total. The summed E-state index contributed by atoms with van der Waals surface area (Å²) in [6, 6.07) is 16.2. The van der Waals surface area contributed by atoms with Gasteiger partial charge in [0, 0.05) is 24.1 Å². The highest BCUT2D eigenvalue weighted by molar-refractivity contribution is 5.81. The molecule has 142 valence electrons. The van der Waals surface area contributed by atoms with Gasteiger partial charge in [0.1, 0.15) is 17.3 Å². The van der Waals surface area contributed by atoms with Crippen LogP contribution >= 0.6 is 0 Å². The topological polar surface area (TPSA) is 118 Å².